The van der Waals surface area contributed by atoms with E-state index in [2.05, 4.69) is 4.98 Å². The summed E-state index contributed by atoms with van der Waals surface area (Å²) in [4.78, 5) is 4.43. The summed E-state index contributed by atoms with van der Waals surface area (Å²) >= 11 is 0. The second kappa shape index (κ2) is 4.77. The zero-order chi connectivity index (χ0) is 15.4. The fourth-order valence-corrected chi connectivity index (χ4v) is 6.68. The fourth-order valence-electron chi connectivity index (χ4n) is 4.13. The number of sulfone groups is 1. The molecule has 2 atom stereocenters. The highest BCUT2D eigenvalue weighted by molar-refractivity contribution is 7.92. The Morgan fingerprint density at radius 2 is 1.77 bits per heavy atom. The lowest BCUT2D eigenvalue weighted by atomic mass is 9.81. The number of aliphatic hydroxyl groups is 1. The van der Waals surface area contributed by atoms with Gasteiger partial charge in [0.25, 0.3) is 0 Å². The molecule has 2 fully saturated rings. The maximum atomic E-state index is 12.4. The van der Waals surface area contributed by atoms with Crippen LogP contribution in [0.3, 0.4) is 0 Å². The van der Waals surface area contributed by atoms with E-state index >= 15 is 0 Å². The molecule has 2 aliphatic heterocycles. The molecular formula is C17H19NO3S. The molecule has 0 radical (unpaired) electrons. The van der Waals surface area contributed by atoms with Crippen molar-refractivity contribution in [3.63, 3.8) is 0 Å². The van der Waals surface area contributed by atoms with Crippen LogP contribution in [-0.2, 0) is 15.4 Å². The molecule has 3 heterocycles. The van der Waals surface area contributed by atoms with Crippen LogP contribution in [0.4, 0.5) is 0 Å². The van der Waals surface area contributed by atoms with Crippen LogP contribution >= 0.6 is 0 Å². The van der Waals surface area contributed by atoms with Gasteiger partial charge in [0.2, 0.25) is 0 Å². The van der Waals surface area contributed by atoms with Crippen LogP contribution in [0, 0.1) is 0 Å². The number of hydrogen-bond acceptors (Lipinski definition) is 4. The zero-order valence-corrected chi connectivity index (χ0v) is 13.1. The number of nitrogens with zero attached hydrogens (tertiary/aromatic N) is 1. The summed E-state index contributed by atoms with van der Waals surface area (Å²) in [5.41, 5.74) is -0.500. The van der Waals surface area contributed by atoms with Crippen molar-refractivity contribution in [2.75, 3.05) is 0 Å². The predicted octanol–water partition coefficient (Wildman–Crippen LogP) is 2.55. The Balaban J connectivity index is 1.85. The Morgan fingerprint density at radius 3 is 2.50 bits per heavy atom. The molecule has 116 valence electrons. The molecule has 2 saturated heterocycles. The van der Waals surface area contributed by atoms with Crippen LogP contribution in [0.25, 0.3) is 10.8 Å². The maximum Gasteiger partial charge on any atom is 0.156 e. The highest BCUT2D eigenvalue weighted by Crippen LogP contribution is 2.46. The largest absolute Gasteiger partial charge is 0.383 e. The Kier molecular flexibility index (Phi) is 3.07. The van der Waals surface area contributed by atoms with Crippen molar-refractivity contribution in [2.24, 2.45) is 0 Å². The van der Waals surface area contributed by atoms with Crippen molar-refractivity contribution in [3.8, 4) is 0 Å². The number of aromatic nitrogens is 1. The monoisotopic (exact) mass is 317 g/mol. The average molecular weight is 317 g/mol. The SMILES string of the molecule is O=S1(=O)C2CCCC1CC(O)(c1nccc3ccccc13)C2. The molecule has 2 aliphatic rings. The van der Waals surface area contributed by atoms with E-state index in [4.69, 9.17) is 0 Å². The standard InChI is InChI=1S/C17H19NO3S/c19-17(10-13-5-3-6-14(11-17)22(13,20)21)16-15-7-2-1-4-12(15)8-9-18-16/h1-2,4,7-9,13-14,19H,3,5-6,10-11H2. The van der Waals surface area contributed by atoms with E-state index in [1.165, 1.54) is 0 Å². The second-order valence-corrected chi connectivity index (χ2v) is 9.10. The van der Waals surface area contributed by atoms with E-state index in [1.807, 2.05) is 30.3 Å². The van der Waals surface area contributed by atoms with Crippen molar-refractivity contribution in [1.29, 1.82) is 0 Å². The van der Waals surface area contributed by atoms with Gasteiger partial charge in [0.1, 0.15) is 5.60 Å². The Labute approximate surface area is 130 Å². The molecule has 4 nitrogen and oxygen atoms in total. The number of hydrogen-bond donors (Lipinski definition) is 1. The van der Waals surface area contributed by atoms with Gasteiger partial charge in [-0.2, -0.15) is 0 Å². The van der Waals surface area contributed by atoms with Crippen LogP contribution in [0.1, 0.15) is 37.8 Å². The smallest absolute Gasteiger partial charge is 0.156 e. The topological polar surface area (TPSA) is 67.3 Å². The fraction of sp³-hybridized carbons (Fsp3) is 0.471. The van der Waals surface area contributed by atoms with Crippen molar-refractivity contribution >= 4 is 20.6 Å². The van der Waals surface area contributed by atoms with Crippen LogP contribution in [0.2, 0.25) is 0 Å². The molecule has 2 bridgehead atoms. The van der Waals surface area contributed by atoms with Gasteiger partial charge in [0.05, 0.1) is 16.2 Å². The van der Waals surface area contributed by atoms with Gasteiger partial charge in [0, 0.05) is 11.6 Å². The second-order valence-electron chi connectivity index (χ2n) is 6.58. The molecule has 2 unspecified atom stereocenters. The lowest BCUT2D eigenvalue weighted by Gasteiger charge is -2.43. The van der Waals surface area contributed by atoms with Crippen LogP contribution < -0.4 is 0 Å². The summed E-state index contributed by atoms with van der Waals surface area (Å²) in [6, 6.07) is 9.74. The minimum atomic E-state index is -3.09. The van der Waals surface area contributed by atoms with Gasteiger partial charge in [-0.25, -0.2) is 8.42 Å². The first kappa shape index (κ1) is 14.2. The first-order valence-corrected chi connectivity index (χ1v) is 9.41. The molecule has 1 aromatic heterocycles. The Hall–Kier alpha value is -1.46. The molecule has 22 heavy (non-hydrogen) atoms. The summed E-state index contributed by atoms with van der Waals surface area (Å²) in [5.74, 6) is 0. The highest BCUT2D eigenvalue weighted by atomic mass is 32.2. The molecule has 0 spiro atoms. The molecule has 0 saturated carbocycles. The predicted molar refractivity (Wildman–Crippen MR) is 85.2 cm³/mol. The first-order chi connectivity index (χ1) is 10.5. The zero-order valence-electron chi connectivity index (χ0n) is 12.3. The van der Waals surface area contributed by atoms with E-state index in [1.54, 1.807) is 6.20 Å². The van der Waals surface area contributed by atoms with Gasteiger partial charge in [-0.1, -0.05) is 30.7 Å². The summed E-state index contributed by atoms with van der Waals surface area (Å²) < 4.78 is 24.9. The summed E-state index contributed by atoms with van der Waals surface area (Å²) in [7, 11) is -3.09. The third-order valence-electron chi connectivity index (χ3n) is 5.23. The molecule has 2 aromatic rings. The number of pyridine rings is 1. The molecular weight excluding hydrogens is 298 g/mol. The van der Waals surface area contributed by atoms with Gasteiger partial charge in [0.15, 0.2) is 9.84 Å². The van der Waals surface area contributed by atoms with E-state index in [-0.39, 0.29) is 12.8 Å². The van der Waals surface area contributed by atoms with Crippen molar-refractivity contribution in [2.45, 2.75) is 48.2 Å². The number of benzene rings is 1. The summed E-state index contributed by atoms with van der Waals surface area (Å²) in [5, 5.41) is 12.3. The van der Waals surface area contributed by atoms with Crippen molar-refractivity contribution < 1.29 is 13.5 Å². The Bertz CT molecular complexity index is 805. The van der Waals surface area contributed by atoms with Gasteiger partial charge in [-0.3, -0.25) is 4.98 Å². The third-order valence-corrected chi connectivity index (χ3v) is 7.89. The molecule has 5 heteroatoms. The highest BCUT2D eigenvalue weighted by Gasteiger charge is 2.51. The van der Waals surface area contributed by atoms with Gasteiger partial charge >= 0.3 is 0 Å². The molecule has 0 amide bonds. The van der Waals surface area contributed by atoms with E-state index in [0.29, 0.717) is 18.5 Å². The summed E-state index contributed by atoms with van der Waals surface area (Å²) in [6.45, 7) is 0. The first-order valence-electron chi connectivity index (χ1n) is 7.80. The van der Waals surface area contributed by atoms with Crippen LogP contribution in [-0.4, -0.2) is 29.0 Å². The lowest BCUT2D eigenvalue weighted by Crippen LogP contribution is -2.50. The van der Waals surface area contributed by atoms with Crippen molar-refractivity contribution in [1.82, 2.24) is 4.98 Å². The third kappa shape index (κ3) is 1.99. The summed E-state index contributed by atoms with van der Waals surface area (Å²) in [6.07, 6.45) is 4.50. The Morgan fingerprint density at radius 1 is 1.09 bits per heavy atom. The van der Waals surface area contributed by atoms with Crippen molar-refractivity contribution in [3.05, 3.63) is 42.2 Å². The molecule has 1 N–H and O–H groups in total. The lowest BCUT2D eigenvalue weighted by molar-refractivity contribution is 0.00250. The molecule has 0 aliphatic carbocycles. The maximum absolute atomic E-state index is 12.4. The van der Waals surface area contributed by atoms with Crippen LogP contribution in [0.5, 0.6) is 0 Å². The quantitative estimate of drug-likeness (QED) is 0.878. The van der Waals surface area contributed by atoms with Gasteiger partial charge < -0.3 is 5.11 Å². The molecule has 4 rings (SSSR count). The van der Waals surface area contributed by atoms with Gasteiger partial charge in [-0.15, -0.1) is 0 Å². The normalized spacial score (nSPS) is 33.7. The van der Waals surface area contributed by atoms with Gasteiger partial charge in [-0.05, 0) is 37.1 Å². The van der Waals surface area contributed by atoms with E-state index < -0.39 is 25.9 Å². The van der Waals surface area contributed by atoms with Crippen LogP contribution in [0.15, 0.2) is 36.5 Å². The molecule has 1 aromatic carbocycles. The number of rotatable bonds is 1. The van der Waals surface area contributed by atoms with E-state index in [9.17, 15) is 13.5 Å². The average Bonchev–Trinajstić information content (AvgIpc) is 2.48. The minimum Gasteiger partial charge on any atom is -0.383 e. The minimum absolute atomic E-state index is 0.271. The van der Waals surface area contributed by atoms with E-state index in [0.717, 1.165) is 17.2 Å². The number of fused-ring (bicyclic) bond motifs is 3.